The summed E-state index contributed by atoms with van der Waals surface area (Å²) in [5.41, 5.74) is 5.01. The molecule has 0 radical (unpaired) electrons. The first-order chi connectivity index (χ1) is 15.2. The molecule has 0 aromatic heterocycles. The third-order valence-electron chi connectivity index (χ3n) is 7.41. The number of rotatable bonds is 4. The number of ether oxygens (including phenoxy) is 1. The average Bonchev–Trinajstić information content (AvgIpc) is 3.16. The van der Waals surface area contributed by atoms with Crippen LogP contribution in [0.4, 0.5) is 4.79 Å². The normalized spacial score (nSPS) is 22.2. The molecule has 2 saturated heterocycles. The van der Waals surface area contributed by atoms with Gasteiger partial charge in [0, 0.05) is 31.7 Å². The van der Waals surface area contributed by atoms with Crippen LogP contribution in [0.1, 0.15) is 42.7 Å². The van der Waals surface area contributed by atoms with Crippen molar-refractivity contribution in [3.05, 3.63) is 59.7 Å². The van der Waals surface area contributed by atoms with Gasteiger partial charge in [-0.05, 0) is 66.9 Å². The third kappa shape index (κ3) is 4.09. The van der Waals surface area contributed by atoms with Gasteiger partial charge in [-0.25, -0.2) is 4.79 Å². The minimum atomic E-state index is -0.184. The molecule has 2 fully saturated rings. The van der Waals surface area contributed by atoms with Gasteiger partial charge in [-0.2, -0.15) is 0 Å². The van der Waals surface area contributed by atoms with Crippen molar-refractivity contribution in [2.45, 2.75) is 37.6 Å². The Hall–Kier alpha value is -2.37. The molecule has 1 amide bonds. The molecular formula is C26H32N2O3. The van der Waals surface area contributed by atoms with E-state index in [1.807, 2.05) is 4.90 Å². The second kappa shape index (κ2) is 9.01. The summed E-state index contributed by atoms with van der Waals surface area (Å²) in [5, 5.41) is 9.39. The van der Waals surface area contributed by atoms with Crippen molar-refractivity contribution in [3.8, 4) is 11.1 Å². The Balaban J connectivity index is 1.21. The molecule has 0 bridgehead atoms. The van der Waals surface area contributed by atoms with Gasteiger partial charge in [0.25, 0.3) is 0 Å². The molecule has 5 rings (SSSR count). The van der Waals surface area contributed by atoms with Crippen molar-refractivity contribution in [1.29, 1.82) is 0 Å². The summed E-state index contributed by atoms with van der Waals surface area (Å²) in [6.45, 7) is 4.25. The number of carbonyl (C=O) groups excluding carboxylic acids is 1. The van der Waals surface area contributed by atoms with Gasteiger partial charge < -0.3 is 14.7 Å². The average molecular weight is 421 g/mol. The second-order valence-corrected chi connectivity index (χ2v) is 9.21. The number of hydrogen-bond donors (Lipinski definition) is 1. The first-order valence-electron chi connectivity index (χ1n) is 11.7. The van der Waals surface area contributed by atoms with Crippen molar-refractivity contribution in [1.82, 2.24) is 9.80 Å². The molecule has 1 unspecified atom stereocenters. The van der Waals surface area contributed by atoms with E-state index in [0.717, 1.165) is 51.9 Å². The fourth-order valence-corrected chi connectivity index (χ4v) is 5.60. The Morgan fingerprint density at radius 1 is 0.935 bits per heavy atom. The van der Waals surface area contributed by atoms with Crippen LogP contribution in [0, 0.1) is 5.92 Å². The SMILES string of the molecule is O=C(OCC1c2ccccc2-c2ccccc21)N1CCCC(N2CCC(CO)CC2)C1. The van der Waals surface area contributed by atoms with Crippen LogP contribution < -0.4 is 0 Å². The number of aliphatic hydroxyl groups is 1. The highest BCUT2D eigenvalue weighted by atomic mass is 16.6. The zero-order valence-corrected chi connectivity index (χ0v) is 18.1. The summed E-state index contributed by atoms with van der Waals surface area (Å²) < 4.78 is 5.88. The van der Waals surface area contributed by atoms with E-state index in [-0.39, 0.29) is 12.0 Å². The summed E-state index contributed by atoms with van der Waals surface area (Å²) in [4.78, 5) is 17.4. The van der Waals surface area contributed by atoms with E-state index in [1.165, 1.54) is 22.3 Å². The minimum absolute atomic E-state index is 0.106. The van der Waals surface area contributed by atoms with Crippen molar-refractivity contribution in [3.63, 3.8) is 0 Å². The number of nitrogens with zero attached hydrogens (tertiary/aromatic N) is 2. The van der Waals surface area contributed by atoms with Gasteiger partial charge in [-0.3, -0.25) is 4.90 Å². The predicted molar refractivity (Wildman–Crippen MR) is 121 cm³/mol. The van der Waals surface area contributed by atoms with Crippen molar-refractivity contribution in [2.24, 2.45) is 5.92 Å². The molecule has 2 heterocycles. The van der Waals surface area contributed by atoms with E-state index in [0.29, 0.717) is 25.2 Å². The number of aliphatic hydroxyl groups excluding tert-OH is 1. The fraction of sp³-hybridized carbons (Fsp3) is 0.500. The van der Waals surface area contributed by atoms with Crippen molar-refractivity contribution in [2.75, 3.05) is 39.4 Å². The van der Waals surface area contributed by atoms with Gasteiger partial charge in [0.1, 0.15) is 6.61 Å². The quantitative estimate of drug-likeness (QED) is 0.809. The van der Waals surface area contributed by atoms with Gasteiger partial charge in [0.05, 0.1) is 0 Å². The summed E-state index contributed by atoms with van der Waals surface area (Å²) in [5.74, 6) is 0.549. The number of fused-ring (bicyclic) bond motifs is 3. The van der Waals surface area contributed by atoms with Crippen LogP contribution in [0.2, 0.25) is 0 Å². The van der Waals surface area contributed by atoms with Gasteiger partial charge in [0.2, 0.25) is 0 Å². The molecule has 1 atom stereocenters. The van der Waals surface area contributed by atoms with Crippen molar-refractivity contribution >= 4 is 6.09 Å². The van der Waals surface area contributed by atoms with Crippen LogP contribution in [0.5, 0.6) is 0 Å². The molecule has 1 aliphatic carbocycles. The van der Waals surface area contributed by atoms with Gasteiger partial charge in [0.15, 0.2) is 0 Å². The Morgan fingerprint density at radius 2 is 1.58 bits per heavy atom. The zero-order chi connectivity index (χ0) is 21.2. The van der Waals surface area contributed by atoms with Crippen LogP contribution >= 0.6 is 0 Å². The fourth-order valence-electron chi connectivity index (χ4n) is 5.60. The van der Waals surface area contributed by atoms with Gasteiger partial charge in [-0.15, -0.1) is 0 Å². The smallest absolute Gasteiger partial charge is 0.409 e. The maximum absolute atomic E-state index is 13.0. The summed E-state index contributed by atoms with van der Waals surface area (Å²) in [6, 6.07) is 17.3. The summed E-state index contributed by atoms with van der Waals surface area (Å²) in [7, 11) is 0. The van der Waals surface area contributed by atoms with Crippen LogP contribution in [0.25, 0.3) is 11.1 Å². The van der Waals surface area contributed by atoms with E-state index in [2.05, 4.69) is 53.4 Å². The van der Waals surface area contributed by atoms with E-state index >= 15 is 0 Å². The number of hydrogen-bond acceptors (Lipinski definition) is 4. The predicted octanol–water partition coefficient (Wildman–Crippen LogP) is 4.10. The van der Waals surface area contributed by atoms with Gasteiger partial charge >= 0.3 is 6.09 Å². The van der Waals surface area contributed by atoms with Crippen LogP contribution in [-0.2, 0) is 4.74 Å². The van der Waals surface area contributed by atoms with Gasteiger partial charge in [-0.1, -0.05) is 48.5 Å². The number of amides is 1. The number of piperidine rings is 2. The largest absolute Gasteiger partial charge is 0.448 e. The molecule has 164 valence electrons. The van der Waals surface area contributed by atoms with E-state index in [4.69, 9.17) is 4.74 Å². The van der Waals surface area contributed by atoms with E-state index in [9.17, 15) is 9.90 Å². The molecule has 0 saturated carbocycles. The monoisotopic (exact) mass is 420 g/mol. The Bertz CT molecular complexity index is 877. The van der Waals surface area contributed by atoms with Crippen LogP contribution in [0.15, 0.2) is 48.5 Å². The van der Waals surface area contributed by atoms with E-state index in [1.54, 1.807) is 0 Å². The number of benzene rings is 2. The molecule has 2 aliphatic heterocycles. The molecule has 2 aromatic carbocycles. The molecule has 31 heavy (non-hydrogen) atoms. The standard InChI is InChI=1S/C26H32N2O3/c29-17-19-11-14-27(15-12-19)20-6-5-13-28(16-20)26(30)31-18-25-23-9-3-1-7-21(23)22-8-2-4-10-24(22)25/h1-4,7-10,19-20,25,29H,5-6,11-18H2. The van der Waals surface area contributed by atoms with Crippen molar-refractivity contribution < 1.29 is 14.6 Å². The zero-order valence-electron chi connectivity index (χ0n) is 18.1. The lowest BCUT2D eigenvalue weighted by molar-refractivity contribution is 0.0442. The number of likely N-dealkylation sites (tertiary alicyclic amines) is 2. The molecule has 5 nitrogen and oxygen atoms in total. The maximum Gasteiger partial charge on any atom is 0.409 e. The number of carbonyl (C=O) groups is 1. The molecule has 2 aromatic rings. The summed E-state index contributed by atoms with van der Waals surface area (Å²) >= 11 is 0. The lowest BCUT2D eigenvalue weighted by Crippen LogP contribution is -2.52. The Labute approximate surface area is 184 Å². The first-order valence-corrected chi connectivity index (χ1v) is 11.7. The van der Waals surface area contributed by atoms with Crippen LogP contribution in [0.3, 0.4) is 0 Å². The molecule has 0 spiro atoms. The topological polar surface area (TPSA) is 53.0 Å². The Kier molecular flexibility index (Phi) is 5.97. The summed E-state index contributed by atoms with van der Waals surface area (Å²) in [6.07, 6.45) is 4.08. The molecule has 1 N–H and O–H groups in total. The lowest BCUT2D eigenvalue weighted by atomic mass is 9.94. The molecule has 3 aliphatic rings. The Morgan fingerprint density at radius 3 is 2.23 bits per heavy atom. The highest BCUT2D eigenvalue weighted by Gasteiger charge is 2.33. The van der Waals surface area contributed by atoms with Crippen LogP contribution in [-0.4, -0.2) is 66.4 Å². The third-order valence-corrected chi connectivity index (χ3v) is 7.41. The second-order valence-electron chi connectivity index (χ2n) is 9.21. The highest BCUT2D eigenvalue weighted by Crippen LogP contribution is 2.44. The lowest BCUT2D eigenvalue weighted by Gasteiger charge is -2.42. The molecular weight excluding hydrogens is 388 g/mol. The molecule has 5 heteroatoms. The minimum Gasteiger partial charge on any atom is -0.448 e. The van der Waals surface area contributed by atoms with E-state index < -0.39 is 0 Å². The highest BCUT2D eigenvalue weighted by molar-refractivity contribution is 5.79. The maximum atomic E-state index is 13.0. The first kappa shape index (κ1) is 20.5.